The van der Waals surface area contributed by atoms with E-state index < -0.39 is 17.9 Å². The molecular weight excluding hydrogens is 516 g/mol. The molecule has 12 unspecified atom stereocenters. The number of aliphatic hydroxyl groups is 3. The number of hydrogen-bond acceptors (Lipinski definition) is 7. The summed E-state index contributed by atoms with van der Waals surface area (Å²) >= 11 is 0. The summed E-state index contributed by atoms with van der Waals surface area (Å²) in [4.78, 5) is 12.7. The summed E-state index contributed by atoms with van der Waals surface area (Å²) in [5, 5.41) is 46.8. The van der Waals surface area contributed by atoms with Crippen molar-refractivity contribution in [1.29, 1.82) is 0 Å². The van der Waals surface area contributed by atoms with Gasteiger partial charge in [-0.3, -0.25) is 10.1 Å². The van der Waals surface area contributed by atoms with E-state index in [-0.39, 0.29) is 35.5 Å². The lowest BCUT2D eigenvalue weighted by molar-refractivity contribution is -0.174. The number of amides is 1. The molecule has 4 aliphatic carbocycles. The van der Waals surface area contributed by atoms with Crippen molar-refractivity contribution < 1.29 is 20.1 Å². The number of aliphatic hydroxyl groups excluding tert-OH is 3. The molecule has 12 atom stereocenters. The number of nitrogens with one attached hydrogen (secondary N) is 2. The van der Waals surface area contributed by atoms with Crippen LogP contribution >= 0.6 is 0 Å². The van der Waals surface area contributed by atoms with Crippen LogP contribution in [0.15, 0.2) is 10.2 Å². The Kier molecular flexibility index (Phi) is 8.95. The molecular formula is C33H54N4O4. The minimum atomic E-state index is -0.778. The van der Waals surface area contributed by atoms with E-state index in [1.165, 1.54) is 25.7 Å². The third-order valence-corrected chi connectivity index (χ3v) is 12.7. The molecule has 4 fully saturated rings. The first-order valence-electron chi connectivity index (χ1n) is 16.4. The van der Waals surface area contributed by atoms with Gasteiger partial charge in [0.2, 0.25) is 5.91 Å². The summed E-state index contributed by atoms with van der Waals surface area (Å²) in [7, 11) is 0. The third-order valence-electron chi connectivity index (χ3n) is 12.7. The van der Waals surface area contributed by atoms with E-state index in [0.717, 1.165) is 32.1 Å². The molecule has 8 heteroatoms. The van der Waals surface area contributed by atoms with Crippen LogP contribution in [0.1, 0.15) is 105 Å². The van der Waals surface area contributed by atoms with E-state index in [9.17, 15) is 20.1 Å². The van der Waals surface area contributed by atoms with Crippen LogP contribution in [0, 0.1) is 58.7 Å². The molecule has 1 amide bonds. The van der Waals surface area contributed by atoms with Crippen LogP contribution in [0.25, 0.3) is 0 Å². The van der Waals surface area contributed by atoms with Crippen molar-refractivity contribution in [3.63, 3.8) is 0 Å². The average Bonchev–Trinajstić information content (AvgIpc) is 3.56. The lowest BCUT2D eigenvalue weighted by atomic mass is 9.43. The minimum Gasteiger partial charge on any atom is -0.393 e. The Morgan fingerprint density at radius 3 is 2.41 bits per heavy atom. The lowest BCUT2D eigenvalue weighted by Crippen LogP contribution is -2.58. The van der Waals surface area contributed by atoms with Gasteiger partial charge >= 0.3 is 0 Å². The highest BCUT2D eigenvalue weighted by molar-refractivity contribution is 5.81. The molecule has 5 N–H and O–H groups in total. The van der Waals surface area contributed by atoms with Crippen LogP contribution in [-0.4, -0.2) is 57.9 Å². The topological polar surface area (TPSA) is 127 Å². The van der Waals surface area contributed by atoms with Gasteiger partial charge in [0.15, 0.2) is 5.66 Å². The van der Waals surface area contributed by atoms with Crippen molar-refractivity contribution in [3.05, 3.63) is 0 Å². The first kappa shape index (κ1) is 30.9. The highest BCUT2D eigenvalue weighted by atomic mass is 16.3. The number of rotatable bonds is 11. The van der Waals surface area contributed by atoms with Gasteiger partial charge in [-0.05, 0) is 130 Å². The van der Waals surface area contributed by atoms with Gasteiger partial charge < -0.3 is 20.6 Å². The quantitative estimate of drug-likeness (QED) is 0.186. The van der Waals surface area contributed by atoms with Crippen molar-refractivity contribution in [3.8, 4) is 12.3 Å². The molecule has 1 aliphatic heterocycles. The number of hydrogen-bond donors (Lipinski definition) is 5. The molecule has 5 rings (SSSR count). The predicted molar refractivity (Wildman–Crippen MR) is 158 cm³/mol. The first-order chi connectivity index (χ1) is 19.4. The van der Waals surface area contributed by atoms with E-state index in [1.807, 2.05) is 6.92 Å². The molecule has 230 valence electrons. The van der Waals surface area contributed by atoms with Crippen LogP contribution in [-0.2, 0) is 4.79 Å². The van der Waals surface area contributed by atoms with Gasteiger partial charge in [-0.2, -0.15) is 10.2 Å². The molecule has 5 aliphatic rings. The van der Waals surface area contributed by atoms with Crippen molar-refractivity contribution in [1.82, 2.24) is 10.6 Å². The third kappa shape index (κ3) is 6.12. The molecule has 0 saturated heterocycles. The molecule has 0 aromatic heterocycles. The maximum atomic E-state index is 12.7. The predicted octanol–water partition coefficient (Wildman–Crippen LogP) is 4.38. The van der Waals surface area contributed by atoms with E-state index >= 15 is 0 Å². The van der Waals surface area contributed by atoms with Gasteiger partial charge in [-0.15, -0.1) is 6.42 Å². The van der Waals surface area contributed by atoms with Gasteiger partial charge in [0, 0.05) is 0 Å². The van der Waals surface area contributed by atoms with Gasteiger partial charge in [0.05, 0.1) is 24.8 Å². The Bertz CT molecular complexity index is 1020. The fourth-order valence-corrected chi connectivity index (χ4v) is 10.3. The fourth-order valence-electron chi connectivity index (χ4n) is 10.3. The van der Waals surface area contributed by atoms with E-state index in [4.69, 9.17) is 6.42 Å². The number of terminal acetylenes is 1. The Balaban J connectivity index is 1.18. The normalized spacial score (nSPS) is 42.6. The summed E-state index contributed by atoms with van der Waals surface area (Å²) in [6.07, 6.45) is 15.2. The molecule has 0 aromatic carbocycles. The Labute approximate surface area is 246 Å². The molecule has 0 aromatic rings. The standard InChI is InChI=1S/C33H54N4O4/c1-6-17-34-30(41)26(13-16-33(5)36-37-33)35-28(40)10-7-20(2)23-8-9-24-29-25(12-15-32(23,24)4)31(3)14-11-22(38)18-21(31)19-27(29)39/h1,20-29,35,38-40H,7-19H2,2-5H3,(H,34,41). The Morgan fingerprint density at radius 2 is 1.71 bits per heavy atom. The van der Waals surface area contributed by atoms with Crippen LogP contribution in [0.4, 0.5) is 0 Å². The highest BCUT2D eigenvalue weighted by Crippen LogP contribution is 2.68. The number of fused-ring (bicyclic) bond motifs is 5. The second kappa shape index (κ2) is 11.9. The molecule has 0 radical (unpaired) electrons. The largest absolute Gasteiger partial charge is 0.393 e. The minimum absolute atomic E-state index is 0.163. The van der Waals surface area contributed by atoms with Crippen LogP contribution < -0.4 is 10.6 Å². The lowest BCUT2D eigenvalue weighted by Gasteiger charge is -2.62. The average molecular weight is 571 g/mol. The van der Waals surface area contributed by atoms with Crippen LogP contribution in [0.5, 0.6) is 0 Å². The zero-order chi connectivity index (χ0) is 29.6. The van der Waals surface area contributed by atoms with Crippen LogP contribution in [0.2, 0.25) is 0 Å². The zero-order valence-corrected chi connectivity index (χ0v) is 25.7. The van der Waals surface area contributed by atoms with Crippen molar-refractivity contribution in [2.45, 2.75) is 135 Å². The van der Waals surface area contributed by atoms with Crippen molar-refractivity contribution in [2.75, 3.05) is 6.54 Å². The maximum absolute atomic E-state index is 12.7. The monoisotopic (exact) mass is 570 g/mol. The maximum Gasteiger partial charge on any atom is 0.237 e. The second-order valence-electron chi connectivity index (χ2n) is 15.1. The molecule has 4 saturated carbocycles. The molecule has 8 nitrogen and oxygen atoms in total. The summed E-state index contributed by atoms with van der Waals surface area (Å²) in [6.45, 7) is 9.39. The molecule has 0 spiro atoms. The van der Waals surface area contributed by atoms with Gasteiger partial charge in [-0.25, -0.2) is 0 Å². The highest BCUT2D eigenvalue weighted by Gasteiger charge is 2.62. The van der Waals surface area contributed by atoms with Gasteiger partial charge in [0.25, 0.3) is 0 Å². The van der Waals surface area contributed by atoms with Crippen LogP contribution in [0.3, 0.4) is 0 Å². The first-order valence-corrected chi connectivity index (χ1v) is 16.4. The summed E-state index contributed by atoms with van der Waals surface area (Å²) in [5.74, 6) is 5.16. The SMILES string of the molecule is C#CCNC(=O)C(CCC1(C)N=N1)NC(O)CCC(C)C1CCC2C3C(O)CC4CC(O)CCC4(C)C3CCC12C. The number of carbonyl (C=O) groups excluding carboxylic acids is 1. The fraction of sp³-hybridized carbons (Fsp3) is 0.909. The van der Waals surface area contributed by atoms with Gasteiger partial charge in [0.1, 0.15) is 6.23 Å². The van der Waals surface area contributed by atoms with E-state index in [0.29, 0.717) is 54.8 Å². The number of carbonyl (C=O) groups is 1. The Hall–Kier alpha value is -1.53. The second-order valence-corrected chi connectivity index (χ2v) is 15.1. The van der Waals surface area contributed by atoms with Gasteiger partial charge in [-0.1, -0.05) is 26.7 Å². The molecule has 0 bridgehead atoms. The molecule has 1 heterocycles. The van der Waals surface area contributed by atoms with E-state index in [1.54, 1.807) is 0 Å². The zero-order valence-electron chi connectivity index (χ0n) is 25.7. The Morgan fingerprint density at radius 1 is 1.00 bits per heavy atom. The summed E-state index contributed by atoms with van der Waals surface area (Å²) in [6, 6.07) is -0.543. The summed E-state index contributed by atoms with van der Waals surface area (Å²) in [5.41, 5.74) is 0.0511. The number of nitrogens with zero attached hydrogens (tertiary/aromatic N) is 2. The van der Waals surface area contributed by atoms with Crippen molar-refractivity contribution in [2.24, 2.45) is 56.6 Å². The molecule has 41 heavy (non-hydrogen) atoms. The smallest absolute Gasteiger partial charge is 0.237 e. The van der Waals surface area contributed by atoms with E-state index in [2.05, 4.69) is 47.6 Å². The summed E-state index contributed by atoms with van der Waals surface area (Å²) < 4.78 is 0. The van der Waals surface area contributed by atoms with Crippen molar-refractivity contribution >= 4 is 5.91 Å².